The molecule has 4 aromatic carbocycles. The van der Waals surface area contributed by atoms with Crippen molar-refractivity contribution < 1.29 is 14.3 Å². The highest BCUT2D eigenvalue weighted by Crippen LogP contribution is 2.31. The van der Waals surface area contributed by atoms with E-state index in [1.165, 1.54) is 10.5 Å². The van der Waals surface area contributed by atoms with Gasteiger partial charge in [0.25, 0.3) is 11.8 Å². The average molecular weight is 419 g/mol. The first-order valence-electron chi connectivity index (χ1n) is 10.6. The Morgan fingerprint density at radius 3 is 1.88 bits per heavy atom. The molecule has 0 unspecified atom stereocenters. The number of imide groups is 1. The summed E-state index contributed by atoms with van der Waals surface area (Å²) in [5.41, 5.74) is 3.73. The number of nitrogens with zero attached hydrogens (tertiary/aromatic N) is 1. The van der Waals surface area contributed by atoms with Crippen molar-refractivity contribution in [3.05, 3.63) is 125 Å². The minimum absolute atomic E-state index is 0.289. The summed E-state index contributed by atoms with van der Waals surface area (Å²) in [5, 5.41) is 0. The lowest BCUT2D eigenvalue weighted by Gasteiger charge is -2.14. The maximum absolute atomic E-state index is 13.1. The van der Waals surface area contributed by atoms with Crippen LogP contribution in [0.4, 0.5) is 5.69 Å². The highest BCUT2D eigenvalue weighted by Gasteiger charge is 2.36. The third-order valence-electron chi connectivity index (χ3n) is 5.57. The lowest BCUT2D eigenvalue weighted by molar-refractivity contribution is 0.0926. The fourth-order valence-electron chi connectivity index (χ4n) is 3.90. The molecule has 32 heavy (non-hydrogen) atoms. The van der Waals surface area contributed by atoms with Crippen LogP contribution in [0.5, 0.6) is 11.5 Å². The fraction of sp³-hybridized carbons (Fsp3) is 0.0714. The zero-order valence-electron chi connectivity index (χ0n) is 17.4. The van der Waals surface area contributed by atoms with Gasteiger partial charge >= 0.3 is 0 Å². The van der Waals surface area contributed by atoms with Gasteiger partial charge in [-0.2, -0.15) is 0 Å². The smallest absolute Gasteiger partial charge is 0.266 e. The van der Waals surface area contributed by atoms with Crippen LogP contribution in [0.15, 0.2) is 103 Å². The quantitative estimate of drug-likeness (QED) is 0.357. The van der Waals surface area contributed by atoms with Crippen molar-refractivity contribution in [2.24, 2.45) is 0 Å². The van der Waals surface area contributed by atoms with E-state index >= 15 is 0 Å². The van der Waals surface area contributed by atoms with Gasteiger partial charge in [0.1, 0.15) is 11.5 Å². The molecule has 4 heteroatoms. The van der Waals surface area contributed by atoms with Crippen LogP contribution < -0.4 is 9.64 Å². The Kier molecular flexibility index (Phi) is 5.26. The number of ether oxygens (including phenoxy) is 1. The molecule has 0 N–H and O–H groups in total. The molecule has 0 aromatic heterocycles. The Balaban J connectivity index is 1.33. The Labute approximate surface area is 186 Å². The maximum Gasteiger partial charge on any atom is 0.266 e. The summed E-state index contributed by atoms with van der Waals surface area (Å²) in [5.74, 6) is 0.781. The molecule has 1 aliphatic heterocycles. The standard InChI is InChI=1S/C28H21NO3/c30-27-25-18-13-21(12-11-20-7-3-1-4-8-20)19-26(25)28(31)29(27)22-14-16-24(17-15-22)32-23-9-5-2-6-10-23/h1-10,13-19H,11-12H2. The van der Waals surface area contributed by atoms with Gasteiger partial charge in [0.05, 0.1) is 16.8 Å². The number of carbonyl (C=O) groups is 2. The van der Waals surface area contributed by atoms with Gasteiger partial charge < -0.3 is 4.74 Å². The highest BCUT2D eigenvalue weighted by molar-refractivity contribution is 6.34. The second-order valence-corrected chi connectivity index (χ2v) is 7.72. The Bertz CT molecular complexity index is 1270. The normalized spacial score (nSPS) is 12.7. The zero-order chi connectivity index (χ0) is 21.9. The molecule has 1 heterocycles. The van der Waals surface area contributed by atoms with Crippen molar-refractivity contribution in [2.45, 2.75) is 12.8 Å². The van der Waals surface area contributed by atoms with E-state index in [9.17, 15) is 9.59 Å². The van der Waals surface area contributed by atoms with Gasteiger partial charge in [-0.15, -0.1) is 0 Å². The molecule has 2 amide bonds. The molecule has 0 spiro atoms. The van der Waals surface area contributed by atoms with Gasteiger partial charge in [0.2, 0.25) is 0 Å². The molecule has 0 atom stereocenters. The second-order valence-electron chi connectivity index (χ2n) is 7.72. The second kappa shape index (κ2) is 8.52. The molecule has 0 saturated carbocycles. The zero-order valence-corrected chi connectivity index (χ0v) is 17.4. The topological polar surface area (TPSA) is 46.6 Å². The van der Waals surface area contributed by atoms with Gasteiger partial charge in [-0.25, -0.2) is 4.90 Å². The lowest BCUT2D eigenvalue weighted by Crippen LogP contribution is -2.29. The van der Waals surface area contributed by atoms with Crippen molar-refractivity contribution in [3.8, 4) is 11.5 Å². The highest BCUT2D eigenvalue weighted by atomic mass is 16.5. The average Bonchev–Trinajstić information content (AvgIpc) is 3.09. The van der Waals surface area contributed by atoms with Crippen LogP contribution in [0.3, 0.4) is 0 Å². The van der Waals surface area contributed by atoms with Gasteiger partial charge in [-0.05, 0) is 72.5 Å². The largest absolute Gasteiger partial charge is 0.457 e. The number of hydrogen-bond acceptors (Lipinski definition) is 3. The first kappa shape index (κ1) is 19.8. The van der Waals surface area contributed by atoms with Crippen LogP contribution in [0.2, 0.25) is 0 Å². The molecule has 0 radical (unpaired) electrons. The van der Waals surface area contributed by atoms with E-state index < -0.39 is 0 Å². The predicted octanol–water partition coefficient (Wildman–Crippen LogP) is 6.06. The monoisotopic (exact) mass is 419 g/mol. The molecule has 0 saturated heterocycles. The van der Waals surface area contributed by atoms with E-state index in [1.54, 1.807) is 30.3 Å². The Hall–Kier alpha value is -4.18. The summed E-state index contributed by atoms with van der Waals surface area (Å²) >= 11 is 0. The molecule has 0 bridgehead atoms. The molecule has 0 aliphatic carbocycles. The third-order valence-corrected chi connectivity index (χ3v) is 5.57. The third kappa shape index (κ3) is 3.91. The number of aryl methyl sites for hydroxylation is 2. The summed E-state index contributed by atoms with van der Waals surface area (Å²) in [6.07, 6.45) is 1.69. The van der Waals surface area contributed by atoms with E-state index in [-0.39, 0.29) is 11.8 Å². The molecule has 4 aromatic rings. The number of carbonyl (C=O) groups excluding carboxylic acids is 2. The first-order valence-corrected chi connectivity index (χ1v) is 10.6. The summed E-state index contributed by atoms with van der Waals surface area (Å²) in [6.45, 7) is 0. The fourth-order valence-corrected chi connectivity index (χ4v) is 3.90. The van der Waals surface area contributed by atoms with Crippen LogP contribution in [0, 0.1) is 0 Å². The Morgan fingerprint density at radius 1 is 0.562 bits per heavy atom. The summed E-state index contributed by atoms with van der Waals surface area (Å²) in [6, 6.07) is 32.2. The molecular weight excluding hydrogens is 398 g/mol. The lowest BCUT2D eigenvalue weighted by atomic mass is 10.0. The minimum atomic E-state index is -0.295. The number of amides is 2. The number of rotatable bonds is 6. The van der Waals surface area contributed by atoms with Crippen molar-refractivity contribution in [3.63, 3.8) is 0 Å². The van der Waals surface area contributed by atoms with Crippen LogP contribution in [0.1, 0.15) is 31.8 Å². The molecule has 156 valence electrons. The van der Waals surface area contributed by atoms with E-state index in [0.717, 1.165) is 24.2 Å². The van der Waals surface area contributed by atoms with Crippen molar-refractivity contribution >= 4 is 17.5 Å². The number of anilines is 1. The number of fused-ring (bicyclic) bond motifs is 1. The van der Waals surface area contributed by atoms with Crippen LogP contribution in [-0.2, 0) is 12.8 Å². The van der Waals surface area contributed by atoms with Gasteiger partial charge in [0.15, 0.2) is 0 Å². The minimum Gasteiger partial charge on any atom is -0.457 e. The first-order chi connectivity index (χ1) is 15.7. The van der Waals surface area contributed by atoms with E-state index in [0.29, 0.717) is 22.6 Å². The number of benzene rings is 4. The van der Waals surface area contributed by atoms with Crippen LogP contribution >= 0.6 is 0 Å². The van der Waals surface area contributed by atoms with E-state index in [2.05, 4.69) is 12.1 Å². The number of hydrogen-bond donors (Lipinski definition) is 0. The van der Waals surface area contributed by atoms with E-state index in [4.69, 9.17) is 4.74 Å². The molecule has 4 nitrogen and oxygen atoms in total. The number of para-hydroxylation sites is 1. The Morgan fingerprint density at radius 2 is 1.16 bits per heavy atom. The van der Waals surface area contributed by atoms with E-state index in [1.807, 2.05) is 60.7 Å². The van der Waals surface area contributed by atoms with Gasteiger partial charge in [-0.3, -0.25) is 9.59 Å². The van der Waals surface area contributed by atoms with Crippen molar-refractivity contribution in [1.82, 2.24) is 0 Å². The molecule has 1 aliphatic rings. The van der Waals surface area contributed by atoms with Crippen molar-refractivity contribution in [2.75, 3.05) is 4.90 Å². The summed E-state index contributed by atoms with van der Waals surface area (Å²) in [4.78, 5) is 27.3. The molecule has 0 fully saturated rings. The van der Waals surface area contributed by atoms with Gasteiger partial charge in [0, 0.05) is 0 Å². The summed E-state index contributed by atoms with van der Waals surface area (Å²) in [7, 11) is 0. The van der Waals surface area contributed by atoms with Crippen molar-refractivity contribution in [1.29, 1.82) is 0 Å². The SMILES string of the molecule is O=C1c2ccc(CCc3ccccc3)cc2C(=O)N1c1ccc(Oc2ccccc2)cc1. The molecule has 5 rings (SSSR count). The predicted molar refractivity (Wildman–Crippen MR) is 124 cm³/mol. The molecular formula is C28H21NO3. The van der Waals surface area contributed by atoms with Crippen LogP contribution in [0.25, 0.3) is 0 Å². The van der Waals surface area contributed by atoms with Crippen LogP contribution in [-0.4, -0.2) is 11.8 Å². The maximum atomic E-state index is 13.1. The van der Waals surface area contributed by atoms with Gasteiger partial charge in [-0.1, -0.05) is 54.6 Å². The summed E-state index contributed by atoms with van der Waals surface area (Å²) < 4.78 is 5.80.